The number of pyridine rings is 1. The van der Waals surface area contributed by atoms with Crippen LogP contribution in [0.2, 0.25) is 5.02 Å². The predicted molar refractivity (Wildman–Crippen MR) is 119 cm³/mol. The minimum atomic E-state index is -0.797. The fraction of sp³-hybridized carbons (Fsp3) is 0.455. The molecule has 4 N–H and O–H groups in total. The number of ether oxygens (including phenoxy) is 2. The third-order valence-electron chi connectivity index (χ3n) is 5.96. The van der Waals surface area contributed by atoms with E-state index in [9.17, 15) is 15.3 Å². The number of imidazole rings is 1. The Morgan fingerprint density at radius 3 is 2.72 bits per heavy atom. The Labute approximate surface area is 189 Å². The first-order valence-corrected chi connectivity index (χ1v) is 11.0. The summed E-state index contributed by atoms with van der Waals surface area (Å²) in [4.78, 5) is 14.2. The average molecular weight is 461 g/mol. The van der Waals surface area contributed by atoms with Crippen molar-refractivity contribution in [2.75, 3.05) is 31.2 Å². The predicted octanol–water partition coefficient (Wildman–Crippen LogP) is 1.74. The number of aliphatic hydroxyl groups excluding tert-OH is 3. The SMILES string of the molecule is OC[C@H]1OC[C@H](Oc2nc3nc(-c4ccc(N5CC[C@@H](O)C5)cc4)c(Cl)cc3[nH]2)C[C@@H]1O. The van der Waals surface area contributed by atoms with Crippen molar-refractivity contribution in [2.45, 2.75) is 37.3 Å². The molecule has 0 unspecified atom stereocenters. The smallest absolute Gasteiger partial charge is 0.296 e. The zero-order valence-corrected chi connectivity index (χ0v) is 18.1. The highest BCUT2D eigenvalue weighted by molar-refractivity contribution is 6.33. The number of nitrogens with zero attached hydrogens (tertiary/aromatic N) is 3. The molecule has 5 rings (SSSR count). The first-order valence-electron chi connectivity index (χ1n) is 10.7. The van der Waals surface area contributed by atoms with E-state index in [1.54, 1.807) is 6.07 Å². The second-order valence-corrected chi connectivity index (χ2v) is 8.67. The van der Waals surface area contributed by atoms with Crippen LogP contribution in [0.3, 0.4) is 0 Å². The van der Waals surface area contributed by atoms with Gasteiger partial charge in [-0.1, -0.05) is 23.7 Å². The molecule has 1 aromatic carbocycles. The van der Waals surface area contributed by atoms with Crippen LogP contribution in [0, 0.1) is 0 Å². The van der Waals surface area contributed by atoms with Gasteiger partial charge in [-0.3, -0.25) is 0 Å². The average Bonchev–Trinajstić information content (AvgIpc) is 3.38. The van der Waals surface area contributed by atoms with Crippen LogP contribution in [-0.4, -0.2) is 81.0 Å². The zero-order chi connectivity index (χ0) is 22.2. The molecule has 0 saturated carbocycles. The molecular weight excluding hydrogens is 436 g/mol. The molecule has 2 aliphatic rings. The molecule has 10 heteroatoms. The van der Waals surface area contributed by atoms with Gasteiger partial charge in [0.15, 0.2) is 5.65 Å². The van der Waals surface area contributed by atoms with Crippen molar-refractivity contribution in [2.24, 2.45) is 0 Å². The van der Waals surface area contributed by atoms with Gasteiger partial charge in [0.2, 0.25) is 0 Å². The van der Waals surface area contributed by atoms with Crippen LogP contribution in [0.15, 0.2) is 30.3 Å². The first-order chi connectivity index (χ1) is 15.5. The van der Waals surface area contributed by atoms with E-state index in [2.05, 4.69) is 19.9 Å². The highest BCUT2D eigenvalue weighted by Gasteiger charge is 2.31. The molecule has 0 radical (unpaired) electrons. The van der Waals surface area contributed by atoms with E-state index < -0.39 is 12.2 Å². The minimum absolute atomic E-state index is 0.231. The third kappa shape index (κ3) is 4.26. The molecule has 2 fully saturated rings. The van der Waals surface area contributed by atoms with E-state index in [-0.39, 0.29) is 31.4 Å². The van der Waals surface area contributed by atoms with E-state index in [1.165, 1.54) is 0 Å². The Balaban J connectivity index is 1.33. The molecule has 4 atom stereocenters. The minimum Gasteiger partial charge on any atom is -0.459 e. The first kappa shape index (κ1) is 21.4. The molecule has 0 aliphatic carbocycles. The van der Waals surface area contributed by atoms with Gasteiger partial charge in [-0.05, 0) is 24.6 Å². The van der Waals surface area contributed by atoms with Crippen LogP contribution in [0.25, 0.3) is 22.4 Å². The van der Waals surface area contributed by atoms with E-state index in [4.69, 9.17) is 21.1 Å². The Hall–Kier alpha value is -2.43. The van der Waals surface area contributed by atoms with Crippen molar-refractivity contribution in [1.82, 2.24) is 15.0 Å². The Morgan fingerprint density at radius 2 is 2.03 bits per heavy atom. The van der Waals surface area contributed by atoms with Crippen molar-refractivity contribution >= 4 is 28.5 Å². The number of β-amino-alcohol motifs (C(OH)–C–C–N with tert-alkyl or cyclic N) is 1. The monoisotopic (exact) mass is 460 g/mol. The number of benzene rings is 1. The normalized spacial score (nSPS) is 26.1. The second-order valence-electron chi connectivity index (χ2n) is 8.26. The van der Waals surface area contributed by atoms with Crippen LogP contribution < -0.4 is 9.64 Å². The number of H-pyrrole nitrogens is 1. The Bertz CT molecular complexity index is 1090. The van der Waals surface area contributed by atoms with Crippen molar-refractivity contribution in [3.8, 4) is 17.3 Å². The van der Waals surface area contributed by atoms with Gasteiger partial charge in [-0.2, -0.15) is 4.98 Å². The number of aromatic nitrogens is 3. The van der Waals surface area contributed by atoms with Crippen LogP contribution in [0.5, 0.6) is 6.01 Å². The summed E-state index contributed by atoms with van der Waals surface area (Å²) in [6.07, 6.45) is -0.931. The van der Waals surface area contributed by atoms with Crippen molar-refractivity contribution < 1.29 is 24.8 Å². The van der Waals surface area contributed by atoms with Gasteiger partial charge < -0.3 is 34.7 Å². The van der Waals surface area contributed by atoms with Crippen molar-refractivity contribution in [1.29, 1.82) is 0 Å². The summed E-state index contributed by atoms with van der Waals surface area (Å²) >= 11 is 6.50. The maximum absolute atomic E-state index is 10.0. The van der Waals surface area contributed by atoms with Gasteiger partial charge in [-0.25, -0.2) is 4.98 Å². The van der Waals surface area contributed by atoms with Gasteiger partial charge in [-0.15, -0.1) is 0 Å². The number of hydrogen-bond acceptors (Lipinski definition) is 8. The van der Waals surface area contributed by atoms with Crippen molar-refractivity contribution in [3.63, 3.8) is 0 Å². The molecule has 4 heterocycles. The molecule has 0 spiro atoms. The summed E-state index contributed by atoms with van der Waals surface area (Å²) in [6, 6.07) is 9.96. The summed E-state index contributed by atoms with van der Waals surface area (Å²) in [5, 5.41) is 29.4. The molecule has 2 aliphatic heterocycles. The highest BCUT2D eigenvalue weighted by atomic mass is 35.5. The summed E-state index contributed by atoms with van der Waals surface area (Å²) in [7, 11) is 0. The number of halogens is 1. The van der Waals surface area contributed by atoms with E-state index in [1.807, 2.05) is 24.3 Å². The van der Waals surface area contributed by atoms with Crippen LogP contribution in [-0.2, 0) is 4.74 Å². The lowest BCUT2D eigenvalue weighted by atomic mass is 10.0. The lowest BCUT2D eigenvalue weighted by Gasteiger charge is -2.31. The lowest BCUT2D eigenvalue weighted by Crippen LogP contribution is -2.45. The topological polar surface area (TPSA) is 124 Å². The summed E-state index contributed by atoms with van der Waals surface area (Å²) in [5.74, 6) is 0. The maximum atomic E-state index is 10.0. The van der Waals surface area contributed by atoms with Gasteiger partial charge in [0.25, 0.3) is 6.01 Å². The standard InChI is InChI=1S/C22H25ClN4O5/c23-16-8-17-21(26-22(24-17)32-15-7-18(30)19(10-28)31-11-15)25-20(16)12-1-3-13(4-2-12)27-6-5-14(29)9-27/h1-4,8,14-15,18-19,28-30H,5-7,9-11H2,(H,24,25,26)/t14-,15-,18+,19-/m1/s1. The van der Waals surface area contributed by atoms with E-state index >= 15 is 0 Å². The summed E-state index contributed by atoms with van der Waals surface area (Å²) in [6.45, 7) is 1.50. The number of aliphatic hydroxyl groups is 3. The van der Waals surface area contributed by atoms with E-state index in [0.717, 1.165) is 24.2 Å². The van der Waals surface area contributed by atoms with Crippen LogP contribution in [0.4, 0.5) is 5.69 Å². The molecule has 2 saturated heterocycles. The third-order valence-corrected chi connectivity index (χ3v) is 6.25. The number of anilines is 1. The number of nitrogens with one attached hydrogen (secondary N) is 1. The zero-order valence-electron chi connectivity index (χ0n) is 17.3. The number of aromatic amines is 1. The van der Waals surface area contributed by atoms with Gasteiger partial charge in [0, 0.05) is 30.8 Å². The lowest BCUT2D eigenvalue weighted by molar-refractivity contribution is -0.131. The Kier molecular flexibility index (Phi) is 5.92. The quantitative estimate of drug-likeness (QED) is 0.454. The molecule has 170 valence electrons. The number of fused-ring (bicyclic) bond motifs is 1. The highest BCUT2D eigenvalue weighted by Crippen LogP contribution is 2.31. The second kappa shape index (κ2) is 8.84. The molecule has 0 bridgehead atoms. The molecule has 32 heavy (non-hydrogen) atoms. The summed E-state index contributed by atoms with van der Waals surface area (Å²) < 4.78 is 11.3. The maximum Gasteiger partial charge on any atom is 0.296 e. The van der Waals surface area contributed by atoms with Crippen molar-refractivity contribution in [3.05, 3.63) is 35.4 Å². The van der Waals surface area contributed by atoms with Gasteiger partial charge >= 0.3 is 0 Å². The molecule has 0 amide bonds. The Morgan fingerprint density at radius 1 is 1.22 bits per heavy atom. The molecule has 3 aromatic rings. The van der Waals surface area contributed by atoms with Crippen LogP contribution >= 0.6 is 11.6 Å². The van der Waals surface area contributed by atoms with Gasteiger partial charge in [0.05, 0.1) is 41.7 Å². The van der Waals surface area contributed by atoms with E-state index in [0.29, 0.717) is 34.8 Å². The van der Waals surface area contributed by atoms with Crippen LogP contribution in [0.1, 0.15) is 12.8 Å². The molecular formula is C22H25ClN4O5. The number of hydrogen-bond donors (Lipinski definition) is 4. The molecule has 9 nitrogen and oxygen atoms in total. The fourth-order valence-corrected chi connectivity index (χ4v) is 4.47. The fourth-order valence-electron chi connectivity index (χ4n) is 4.21. The largest absolute Gasteiger partial charge is 0.459 e. The summed E-state index contributed by atoms with van der Waals surface area (Å²) in [5.41, 5.74) is 3.65. The molecule has 2 aromatic heterocycles. The van der Waals surface area contributed by atoms with Gasteiger partial charge in [0.1, 0.15) is 12.2 Å². The number of rotatable bonds is 5.